The van der Waals surface area contributed by atoms with Crippen LogP contribution in [-0.4, -0.2) is 29.9 Å². The molecule has 2 aliphatic rings. The topological polar surface area (TPSA) is 58.6 Å². The molecule has 6 heteroatoms. The highest BCUT2D eigenvalue weighted by molar-refractivity contribution is 7.10. The van der Waals surface area contributed by atoms with Crippen molar-refractivity contribution >= 4 is 28.8 Å². The SMILES string of the molecule is O=C1CCc2cc(OCCCC(=O)N3CCCC3c3cccs3)ccc2N1. The molecule has 0 saturated carbocycles. The average Bonchev–Trinajstić information content (AvgIpc) is 3.36. The van der Waals surface area contributed by atoms with Gasteiger partial charge in [0.25, 0.3) is 0 Å². The molecule has 4 rings (SSSR count). The molecule has 1 atom stereocenters. The molecule has 0 spiro atoms. The number of ether oxygens (including phenoxy) is 1. The van der Waals surface area contributed by atoms with Crippen LogP contribution in [0.4, 0.5) is 5.69 Å². The zero-order valence-corrected chi connectivity index (χ0v) is 16.1. The Morgan fingerprint density at radius 3 is 3.07 bits per heavy atom. The lowest BCUT2D eigenvalue weighted by Gasteiger charge is -2.24. The fourth-order valence-corrected chi connectivity index (χ4v) is 4.72. The van der Waals surface area contributed by atoms with Crippen LogP contribution < -0.4 is 10.1 Å². The maximum atomic E-state index is 12.6. The number of hydrogen-bond acceptors (Lipinski definition) is 4. The number of benzene rings is 1. The molecule has 0 aliphatic carbocycles. The Labute approximate surface area is 163 Å². The number of carbonyl (C=O) groups is 2. The van der Waals surface area contributed by atoms with Crippen LogP contribution in [0.3, 0.4) is 0 Å². The largest absolute Gasteiger partial charge is 0.494 e. The minimum Gasteiger partial charge on any atom is -0.494 e. The quantitative estimate of drug-likeness (QED) is 0.761. The van der Waals surface area contributed by atoms with Crippen LogP contribution in [0.2, 0.25) is 0 Å². The minimum atomic E-state index is 0.0671. The van der Waals surface area contributed by atoms with Crippen molar-refractivity contribution in [2.75, 3.05) is 18.5 Å². The van der Waals surface area contributed by atoms with E-state index < -0.39 is 0 Å². The number of thiophene rings is 1. The van der Waals surface area contributed by atoms with Crippen molar-refractivity contribution in [1.29, 1.82) is 0 Å². The molecule has 1 aromatic heterocycles. The Balaban J connectivity index is 1.25. The first kappa shape index (κ1) is 18.0. The number of likely N-dealkylation sites (tertiary alicyclic amines) is 1. The number of fused-ring (bicyclic) bond motifs is 1. The van der Waals surface area contributed by atoms with Gasteiger partial charge in [-0.15, -0.1) is 11.3 Å². The van der Waals surface area contributed by atoms with E-state index in [1.165, 1.54) is 4.88 Å². The summed E-state index contributed by atoms with van der Waals surface area (Å²) < 4.78 is 5.83. The van der Waals surface area contributed by atoms with E-state index >= 15 is 0 Å². The maximum absolute atomic E-state index is 12.6. The van der Waals surface area contributed by atoms with Crippen LogP contribution >= 0.6 is 11.3 Å². The van der Waals surface area contributed by atoms with Gasteiger partial charge in [-0.2, -0.15) is 0 Å². The summed E-state index contributed by atoms with van der Waals surface area (Å²) in [4.78, 5) is 27.4. The minimum absolute atomic E-state index is 0.0671. The normalized spacial score (nSPS) is 18.9. The smallest absolute Gasteiger partial charge is 0.224 e. The molecular formula is C21H24N2O3S. The Morgan fingerprint density at radius 1 is 1.30 bits per heavy atom. The molecule has 1 saturated heterocycles. The van der Waals surface area contributed by atoms with E-state index in [1.54, 1.807) is 11.3 Å². The molecule has 2 amide bonds. The highest BCUT2D eigenvalue weighted by Crippen LogP contribution is 2.35. The molecule has 27 heavy (non-hydrogen) atoms. The molecule has 2 aromatic rings. The molecule has 3 heterocycles. The van der Waals surface area contributed by atoms with Gasteiger partial charge in [-0.1, -0.05) is 6.07 Å². The number of nitrogens with one attached hydrogen (secondary N) is 1. The number of nitrogens with zero attached hydrogens (tertiary/aromatic N) is 1. The van der Waals surface area contributed by atoms with Crippen molar-refractivity contribution in [2.45, 2.75) is 44.6 Å². The van der Waals surface area contributed by atoms with E-state index in [0.29, 0.717) is 25.9 Å². The third kappa shape index (κ3) is 4.16. The molecular weight excluding hydrogens is 360 g/mol. The summed E-state index contributed by atoms with van der Waals surface area (Å²) in [7, 11) is 0. The van der Waals surface area contributed by atoms with Gasteiger partial charge < -0.3 is 15.0 Å². The number of amides is 2. The molecule has 142 valence electrons. The van der Waals surface area contributed by atoms with Gasteiger partial charge in [0, 0.05) is 30.0 Å². The van der Waals surface area contributed by atoms with Crippen LogP contribution in [0.1, 0.15) is 48.6 Å². The van der Waals surface area contributed by atoms with Crippen LogP contribution in [-0.2, 0) is 16.0 Å². The lowest BCUT2D eigenvalue weighted by Crippen LogP contribution is -2.30. The summed E-state index contributed by atoms with van der Waals surface area (Å²) >= 11 is 1.73. The number of anilines is 1. The molecule has 0 bridgehead atoms. The fraction of sp³-hybridized carbons (Fsp3) is 0.429. The molecule has 1 aromatic carbocycles. The van der Waals surface area contributed by atoms with Crippen molar-refractivity contribution in [3.8, 4) is 5.75 Å². The molecule has 5 nitrogen and oxygen atoms in total. The van der Waals surface area contributed by atoms with Gasteiger partial charge >= 0.3 is 0 Å². The molecule has 2 aliphatic heterocycles. The Morgan fingerprint density at radius 2 is 2.22 bits per heavy atom. The van der Waals surface area contributed by atoms with E-state index in [0.717, 1.165) is 42.8 Å². The number of rotatable bonds is 6. The van der Waals surface area contributed by atoms with E-state index in [9.17, 15) is 9.59 Å². The monoisotopic (exact) mass is 384 g/mol. The third-order valence-electron chi connectivity index (χ3n) is 5.22. The van der Waals surface area contributed by atoms with Gasteiger partial charge in [0.15, 0.2) is 0 Å². The fourth-order valence-electron chi connectivity index (χ4n) is 3.85. The Bertz CT molecular complexity index is 819. The first-order valence-corrected chi connectivity index (χ1v) is 10.5. The van der Waals surface area contributed by atoms with Crippen molar-refractivity contribution in [3.05, 3.63) is 46.2 Å². The maximum Gasteiger partial charge on any atom is 0.224 e. The predicted molar refractivity (Wildman–Crippen MR) is 106 cm³/mol. The summed E-state index contributed by atoms with van der Waals surface area (Å²) in [5.41, 5.74) is 1.99. The highest BCUT2D eigenvalue weighted by Gasteiger charge is 2.30. The second kappa shape index (κ2) is 8.13. The number of aryl methyl sites for hydroxylation is 1. The average molecular weight is 385 g/mol. The summed E-state index contributed by atoms with van der Waals surface area (Å²) in [5, 5.41) is 4.95. The second-order valence-electron chi connectivity index (χ2n) is 7.08. The summed E-state index contributed by atoms with van der Waals surface area (Å²) in [6, 6.07) is 10.2. The van der Waals surface area contributed by atoms with Crippen molar-refractivity contribution in [2.24, 2.45) is 0 Å². The van der Waals surface area contributed by atoms with Gasteiger partial charge in [-0.05, 0) is 60.9 Å². The van der Waals surface area contributed by atoms with Gasteiger partial charge in [0.1, 0.15) is 5.75 Å². The van der Waals surface area contributed by atoms with Crippen LogP contribution in [0.15, 0.2) is 35.7 Å². The summed E-state index contributed by atoms with van der Waals surface area (Å²) in [6.45, 7) is 1.38. The van der Waals surface area contributed by atoms with E-state index in [4.69, 9.17) is 4.74 Å². The number of hydrogen-bond donors (Lipinski definition) is 1. The zero-order valence-electron chi connectivity index (χ0n) is 15.3. The zero-order chi connectivity index (χ0) is 18.6. The standard InChI is InChI=1S/C21H24N2O3S/c24-20-10-7-15-14-16(8-9-17(15)22-20)26-12-2-6-21(25)23-11-1-4-18(23)19-5-3-13-27-19/h3,5,8-9,13-14,18H,1-2,4,6-7,10-12H2,(H,22,24). The number of carbonyl (C=O) groups excluding carboxylic acids is 2. The van der Waals surface area contributed by atoms with Crippen LogP contribution in [0, 0.1) is 0 Å². The van der Waals surface area contributed by atoms with E-state index in [2.05, 4.69) is 22.8 Å². The third-order valence-corrected chi connectivity index (χ3v) is 6.19. The molecule has 1 N–H and O–H groups in total. The lowest BCUT2D eigenvalue weighted by atomic mass is 10.0. The Hall–Kier alpha value is -2.34. The highest BCUT2D eigenvalue weighted by atomic mass is 32.1. The first-order valence-electron chi connectivity index (χ1n) is 9.59. The molecule has 1 unspecified atom stereocenters. The van der Waals surface area contributed by atoms with Gasteiger partial charge in [-0.3, -0.25) is 9.59 Å². The van der Waals surface area contributed by atoms with Crippen molar-refractivity contribution < 1.29 is 14.3 Å². The van der Waals surface area contributed by atoms with Crippen LogP contribution in [0.5, 0.6) is 5.75 Å². The molecule has 1 fully saturated rings. The summed E-state index contributed by atoms with van der Waals surface area (Å²) in [5.74, 6) is 1.09. The Kier molecular flexibility index (Phi) is 5.43. The lowest BCUT2D eigenvalue weighted by molar-refractivity contribution is -0.132. The van der Waals surface area contributed by atoms with E-state index in [1.807, 2.05) is 23.1 Å². The van der Waals surface area contributed by atoms with Gasteiger partial charge in [-0.25, -0.2) is 0 Å². The first-order chi connectivity index (χ1) is 13.2. The van der Waals surface area contributed by atoms with Crippen molar-refractivity contribution in [1.82, 2.24) is 4.90 Å². The van der Waals surface area contributed by atoms with Crippen LogP contribution in [0.25, 0.3) is 0 Å². The van der Waals surface area contributed by atoms with Gasteiger partial charge in [0.05, 0.1) is 12.6 Å². The molecule has 0 radical (unpaired) electrons. The van der Waals surface area contributed by atoms with Gasteiger partial charge in [0.2, 0.25) is 11.8 Å². The van der Waals surface area contributed by atoms with Crippen molar-refractivity contribution in [3.63, 3.8) is 0 Å². The van der Waals surface area contributed by atoms with E-state index in [-0.39, 0.29) is 17.9 Å². The summed E-state index contributed by atoms with van der Waals surface area (Å²) in [6.07, 6.45) is 4.64. The predicted octanol–water partition coefficient (Wildman–Crippen LogP) is 4.16. The second-order valence-corrected chi connectivity index (χ2v) is 8.06.